The molecule has 2 fully saturated rings. The van der Waals surface area contributed by atoms with E-state index in [1.165, 1.54) is 18.4 Å². The van der Waals surface area contributed by atoms with Crippen LogP contribution in [0.4, 0.5) is 0 Å². The molecule has 0 bridgehead atoms. The summed E-state index contributed by atoms with van der Waals surface area (Å²) >= 11 is 0. The highest BCUT2D eigenvalue weighted by atomic mass is 16.5. The molecule has 1 unspecified atom stereocenters. The molecule has 2 aliphatic rings. The highest BCUT2D eigenvalue weighted by Gasteiger charge is 2.45. The third-order valence-electron chi connectivity index (χ3n) is 5.78. The first-order valence-corrected chi connectivity index (χ1v) is 9.77. The van der Waals surface area contributed by atoms with Gasteiger partial charge in [-0.3, -0.25) is 4.79 Å². The van der Waals surface area contributed by atoms with Crippen molar-refractivity contribution in [3.63, 3.8) is 0 Å². The zero-order chi connectivity index (χ0) is 18.0. The Morgan fingerprint density at radius 1 is 1.31 bits per heavy atom. The zero-order valence-corrected chi connectivity index (χ0v) is 15.5. The Morgan fingerprint density at radius 2 is 2.12 bits per heavy atom. The lowest BCUT2D eigenvalue weighted by molar-refractivity contribution is -0.133. The summed E-state index contributed by atoms with van der Waals surface area (Å²) in [5, 5.41) is 4.26. The van der Waals surface area contributed by atoms with Gasteiger partial charge in [0.2, 0.25) is 11.8 Å². The number of likely N-dealkylation sites (tertiary alicyclic amines) is 1. The minimum absolute atomic E-state index is 0.125. The smallest absolute Gasteiger partial charge is 0.223 e. The molecule has 0 spiro atoms. The van der Waals surface area contributed by atoms with Crippen molar-refractivity contribution >= 4 is 5.91 Å². The Morgan fingerprint density at radius 3 is 2.81 bits per heavy atom. The van der Waals surface area contributed by atoms with Gasteiger partial charge < -0.3 is 9.42 Å². The molecule has 1 saturated heterocycles. The largest absolute Gasteiger partial charge is 0.342 e. The van der Waals surface area contributed by atoms with Gasteiger partial charge in [-0.15, -0.1) is 0 Å². The molecule has 5 nitrogen and oxygen atoms in total. The van der Waals surface area contributed by atoms with Crippen molar-refractivity contribution in [3.05, 3.63) is 47.6 Å². The van der Waals surface area contributed by atoms with E-state index in [9.17, 15) is 4.79 Å². The van der Waals surface area contributed by atoms with Crippen molar-refractivity contribution in [1.29, 1.82) is 0 Å². The summed E-state index contributed by atoms with van der Waals surface area (Å²) in [5.41, 5.74) is 1.09. The van der Waals surface area contributed by atoms with Gasteiger partial charge in [-0.1, -0.05) is 48.3 Å². The van der Waals surface area contributed by atoms with Crippen LogP contribution in [0.5, 0.6) is 0 Å². The van der Waals surface area contributed by atoms with E-state index in [1.807, 2.05) is 30.0 Å². The quantitative estimate of drug-likeness (QED) is 0.795. The van der Waals surface area contributed by atoms with Gasteiger partial charge in [0.15, 0.2) is 5.82 Å². The van der Waals surface area contributed by atoms with E-state index in [-0.39, 0.29) is 11.3 Å². The van der Waals surface area contributed by atoms with Gasteiger partial charge in [-0.25, -0.2) is 0 Å². The Balaban J connectivity index is 1.46. The fourth-order valence-electron chi connectivity index (χ4n) is 4.23. The standard InChI is InChI=1S/C21H27N3O2/c1-16-22-20(23-26-16)21(14-18-8-9-18)12-5-13-24(15-21)19(25)11-10-17-6-3-2-4-7-17/h2-4,6-7,18H,5,8-15H2,1H3. The molecule has 0 radical (unpaired) electrons. The number of hydrogen-bond donors (Lipinski definition) is 0. The first-order chi connectivity index (χ1) is 12.6. The minimum atomic E-state index is -0.125. The van der Waals surface area contributed by atoms with Crippen LogP contribution >= 0.6 is 0 Å². The van der Waals surface area contributed by atoms with Crippen LogP contribution in [0.25, 0.3) is 0 Å². The van der Waals surface area contributed by atoms with E-state index in [4.69, 9.17) is 4.52 Å². The van der Waals surface area contributed by atoms with Crippen molar-refractivity contribution in [3.8, 4) is 0 Å². The summed E-state index contributed by atoms with van der Waals surface area (Å²) < 4.78 is 5.28. The van der Waals surface area contributed by atoms with Crippen molar-refractivity contribution in [2.75, 3.05) is 13.1 Å². The van der Waals surface area contributed by atoms with Crippen LogP contribution in [0.1, 0.15) is 55.8 Å². The van der Waals surface area contributed by atoms with Gasteiger partial charge in [0.25, 0.3) is 0 Å². The Hall–Kier alpha value is -2.17. The summed E-state index contributed by atoms with van der Waals surface area (Å²) in [6.07, 6.45) is 7.08. The lowest BCUT2D eigenvalue weighted by Crippen LogP contribution is -2.49. The predicted molar refractivity (Wildman–Crippen MR) is 98.6 cm³/mol. The van der Waals surface area contributed by atoms with Crippen LogP contribution in [0, 0.1) is 12.8 Å². The zero-order valence-electron chi connectivity index (χ0n) is 15.5. The maximum Gasteiger partial charge on any atom is 0.223 e. The van der Waals surface area contributed by atoms with Crippen LogP contribution < -0.4 is 0 Å². The maximum absolute atomic E-state index is 12.9. The number of piperidine rings is 1. The summed E-state index contributed by atoms with van der Waals surface area (Å²) in [6.45, 7) is 3.42. The molecule has 0 N–H and O–H groups in total. The van der Waals surface area contributed by atoms with E-state index in [0.29, 0.717) is 12.3 Å². The number of carbonyl (C=O) groups excluding carboxylic acids is 1. The van der Waals surface area contributed by atoms with Gasteiger partial charge >= 0.3 is 0 Å². The SMILES string of the molecule is Cc1nc(C2(CC3CC3)CCCN(C(=O)CCc3ccccc3)C2)no1. The number of amides is 1. The number of aryl methyl sites for hydroxylation is 2. The first kappa shape index (κ1) is 17.3. The van der Waals surface area contributed by atoms with E-state index < -0.39 is 0 Å². The van der Waals surface area contributed by atoms with E-state index in [2.05, 4.69) is 22.3 Å². The Bertz CT molecular complexity index is 754. The number of benzene rings is 1. The number of nitrogens with zero attached hydrogens (tertiary/aromatic N) is 3. The molecular weight excluding hydrogens is 326 g/mol. The molecule has 1 atom stereocenters. The van der Waals surface area contributed by atoms with Crippen LogP contribution in [-0.4, -0.2) is 34.0 Å². The second-order valence-corrected chi connectivity index (χ2v) is 7.97. The number of rotatable bonds is 6. The summed E-state index contributed by atoms with van der Waals surface area (Å²) in [7, 11) is 0. The minimum Gasteiger partial charge on any atom is -0.342 e. The van der Waals surface area contributed by atoms with Crippen molar-refractivity contribution in [2.24, 2.45) is 5.92 Å². The Kier molecular flexibility index (Phi) is 4.79. The van der Waals surface area contributed by atoms with Crippen LogP contribution in [-0.2, 0) is 16.6 Å². The second kappa shape index (κ2) is 7.22. The normalized spacial score (nSPS) is 23.2. The number of hydrogen-bond acceptors (Lipinski definition) is 4. The molecule has 138 valence electrons. The molecule has 1 aliphatic carbocycles. The Labute approximate surface area is 154 Å². The van der Waals surface area contributed by atoms with Gasteiger partial charge in [0.1, 0.15) is 0 Å². The fraction of sp³-hybridized carbons (Fsp3) is 0.571. The molecule has 26 heavy (non-hydrogen) atoms. The summed E-state index contributed by atoms with van der Waals surface area (Å²) in [6, 6.07) is 10.2. The molecule has 1 amide bonds. The molecule has 1 saturated carbocycles. The second-order valence-electron chi connectivity index (χ2n) is 7.97. The van der Waals surface area contributed by atoms with Gasteiger partial charge in [0.05, 0.1) is 5.41 Å². The lowest BCUT2D eigenvalue weighted by atomic mass is 9.74. The van der Waals surface area contributed by atoms with E-state index in [1.54, 1.807) is 0 Å². The predicted octanol–water partition coefficient (Wildman–Crippen LogP) is 3.67. The van der Waals surface area contributed by atoms with Crippen LogP contribution in [0.3, 0.4) is 0 Å². The summed E-state index contributed by atoms with van der Waals surface area (Å²) in [5.74, 6) is 2.42. The van der Waals surface area contributed by atoms with Crippen LogP contribution in [0.2, 0.25) is 0 Å². The van der Waals surface area contributed by atoms with Crippen LogP contribution in [0.15, 0.2) is 34.9 Å². The summed E-state index contributed by atoms with van der Waals surface area (Å²) in [4.78, 5) is 19.5. The van der Waals surface area contributed by atoms with Crippen molar-refractivity contribution in [2.45, 2.75) is 57.3 Å². The third-order valence-corrected chi connectivity index (χ3v) is 5.78. The molecule has 1 aromatic carbocycles. The van der Waals surface area contributed by atoms with E-state index in [0.717, 1.165) is 50.5 Å². The topological polar surface area (TPSA) is 59.2 Å². The molecular formula is C21H27N3O2. The number of aromatic nitrogens is 2. The number of carbonyl (C=O) groups is 1. The van der Waals surface area contributed by atoms with Gasteiger partial charge in [-0.05, 0) is 37.2 Å². The van der Waals surface area contributed by atoms with Crippen molar-refractivity contribution < 1.29 is 9.32 Å². The maximum atomic E-state index is 12.9. The fourth-order valence-corrected chi connectivity index (χ4v) is 4.23. The highest BCUT2D eigenvalue weighted by molar-refractivity contribution is 5.76. The average Bonchev–Trinajstić information content (AvgIpc) is 3.36. The molecule has 2 heterocycles. The van der Waals surface area contributed by atoms with Gasteiger partial charge in [0, 0.05) is 26.4 Å². The molecule has 2 aromatic rings. The van der Waals surface area contributed by atoms with E-state index >= 15 is 0 Å². The molecule has 1 aliphatic heterocycles. The lowest BCUT2D eigenvalue weighted by Gasteiger charge is -2.41. The molecule has 5 heteroatoms. The highest BCUT2D eigenvalue weighted by Crippen LogP contribution is 2.45. The first-order valence-electron chi connectivity index (χ1n) is 9.77. The molecule has 4 rings (SSSR count). The van der Waals surface area contributed by atoms with Crippen molar-refractivity contribution in [1.82, 2.24) is 15.0 Å². The third kappa shape index (κ3) is 3.81. The average molecular weight is 353 g/mol. The monoisotopic (exact) mass is 353 g/mol. The molecule has 1 aromatic heterocycles. The van der Waals surface area contributed by atoms with Gasteiger partial charge in [-0.2, -0.15) is 4.98 Å².